The minimum Gasteiger partial charge on any atom is -0.341 e. The summed E-state index contributed by atoms with van der Waals surface area (Å²) in [4.78, 5) is 15.7. The van der Waals surface area contributed by atoms with Crippen molar-refractivity contribution in [3.8, 4) is 0 Å². The molecule has 2 aromatic rings. The summed E-state index contributed by atoms with van der Waals surface area (Å²) in [6, 6.07) is 4.92. The van der Waals surface area contributed by atoms with Crippen molar-refractivity contribution in [3.05, 3.63) is 46.4 Å². The van der Waals surface area contributed by atoms with Gasteiger partial charge in [0.25, 0.3) is 0 Å². The van der Waals surface area contributed by atoms with Gasteiger partial charge in [-0.25, -0.2) is 9.78 Å². The van der Waals surface area contributed by atoms with E-state index in [1.807, 2.05) is 6.92 Å². The van der Waals surface area contributed by atoms with Gasteiger partial charge in [0.15, 0.2) is 0 Å². The van der Waals surface area contributed by atoms with Crippen molar-refractivity contribution in [3.63, 3.8) is 0 Å². The number of nitrogens with two attached hydrogens (primary N) is 1. The summed E-state index contributed by atoms with van der Waals surface area (Å²) in [6.07, 6.45) is 0.131. The lowest BCUT2D eigenvalue weighted by atomic mass is 10.2. The van der Waals surface area contributed by atoms with E-state index in [0.29, 0.717) is 5.69 Å². The molecule has 0 radical (unpaired) electrons. The van der Waals surface area contributed by atoms with E-state index in [4.69, 9.17) is 5.73 Å². The molecule has 0 saturated carbocycles. The van der Waals surface area contributed by atoms with Gasteiger partial charge in [-0.2, -0.15) is 8.42 Å². The Balaban J connectivity index is 2.05. The van der Waals surface area contributed by atoms with Crippen LogP contribution < -0.4 is 5.73 Å². The molecule has 1 aromatic carbocycles. The number of benzene rings is 1. The molecule has 21 heavy (non-hydrogen) atoms. The number of hydrogen-bond donors (Lipinski definition) is 1. The SMILES string of the molecule is Cc1ccc(S(=O)(=O)OC(=O)[C@@H](N)Cc2cscn2)cc1. The molecule has 1 heterocycles. The van der Waals surface area contributed by atoms with Crippen LogP contribution in [0.25, 0.3) is 0 Å². The molecule has 0 aliphatic heterocycles. The molecule has 0 saturated heterocycles. The number of hydrogen-bond acceptors (Lipinski definition) is 7. The number of aromatic nitrogens is 1. The Morgan fingerprint density at radius 3 is 2.62 bits per heavy atom. The lowest BCUT2D eigenvalue weighted by Crippen LogP contribution is -2.35. The highest BCUT2D eigenvalue weighted by Gasteiger charge is 2.25. The second-order valence-electron chi connectivity index (χ2n) is 4.46. The zero-order valence-corrected chi connectivity index (χ0v) is 12.9. The molecule has 0 unspecified atom stereocenters. The summed E-state index contributed by atoms with van der Waals surface area (Å²) >= 11 is 1.37. The van der Waals surface area contributed by atoms with Crippen LogP contribution in [0.2, 0.25) is 0 Å². The van der Waals surface area contributed by atoms with Crippen molar-refractivity contribution in [2.75, 3.05) is 0 Å². The molecule has 1 atom stereocenters. The van der Waals surface area contributed by atoms with Crippen LogP contribution in [0.5, 0.6) is 0 Å². The van der Waals surface area contributed by atoms with Crippen molar-refractivity contribution in [2.45, 2.75) is 24.3 Å². The first-order valence-electron chi connectivity index (χ1n) is 6.06. The minimum atomic E-state index is -4.15. The molecule has 0 aliphatic rings. The third-order valence-corrected chi connectivity index (χ3v) is 4.59. The molecule has 112 valence electrons. The zero-order chi connectivity index (χ0) is 15.5. The number of thiazole rings is 1. The third kappa shape index (κ3) is 4.10. The first-order valence-corrected chi connectivity index (χ1v) is 8.41. The third-order valence-electron chi connectivity index (χ3n) is 2.72. The first-order chi connectivity index (χ1) is 9.88. The molecule has 0 aliphatic carbocycles. The second-order valence-corrected chi connectivity index (χ2v) is 6.72. The summed E-state index contributed by atoms with van der Waals surface area (Å²) in [7, 11) is -4.15. The summed E-state index contributed by atoms with van der Waals surface area (Å²) in [5.41, 5.74) is 8.78. The van der Waals surface area contributed by atoms with Crippen LogP contribution in [0.4, 0.5) is 0 Å². The fraction of sp³-hybridized carbons (Fsp3) is 0.231. The molecular weight excluding hydrogens is 312 g/mol. The fourth-order valence-electron chi connectivity index (χ4n) is 1.57. The van der Waals surface area contributed by atoms with Crippen LogP contribution >= 0.6 is 11.3 Å². The van der Waals surface area contributed by atoms with E-state index in [1.54, 1.807) is 23.0 Å². The quantitative estimate of drug-likeness (QED) is 0.830. The molecule has 0 bridgehead atoms. The predicted octanol–water partition coefficient (Wildman–Crippen LogP) is 1.25. The van der Waals surface area contributed by atoms with Crippen molar-refractivity contribution >= 4 is 27.4 Å². The molecule has 0 fully saturated rings. The summed E-state index contributed by atoms with van der Waals surface area (Å²) < 4.78 is 28.5. The Morgan fingerprint density at radius 2 is 2.05 bits per heavy atom. The number of rotatable bonds is 5. The summed E-state index contributed by atoms with van der Waals surface area (Å²) in [6.45, 7) is 1.83. The van der Waals surface area contributed by atoms with E-state index in [9.17, 15) is 13.2 Å². The van der Waals surface area contributed by atoms with Gasteiger partial charge in [0.2, 0.25) is 0 Å². The number of aryl methyl sites for hydroxylation is 1. The van der Waals surface area contributed by atoms with Crippen LogP contribution in [-0.2, 0) is 25.5 Å². The average Bonchev–Trinajstić information content (AvgIpc) is 2.91. The molecule has 2 N–H and O–H groups in total. The van der Waals surface area contributed by atoms with E-state index in [1.165, 1.54) is 23.5 Å². The van der Waals surface area contributed by atoms with Crippen LogP contribution in [0.1, 0.15) is 11.3 Å². The van der Waals surface area contributed by atoms with E-state index in [2.05, 4.69) is 9.17 Å². The van der Waals surface area contributed by atoms with E-state index in [0.717, 1.165) is 5.56 Å². The Kier molecular flexibility index (Phi) is 4.71. The predicted molar refractivity (Wildman–Crippen MR) is 78.3 cm³/mol. The molecule has 6 nitrogen and oxygen atoms in total. The van der Waals surface area contributed by atoms with Crippen LogP contribution in [0, 0.1) is 6.92 Å². The molecule has 0 spiro atoms. The van der Waals surface area contributed by atoms with Gasteiger partial charge in [-0.3, -0.25) is 0 Å². The van der Waals surface area contributed by atoms with E-state index in [-0.39, 0.29) is 11.3 Å². The normalized spacial score (nSPS) is 12.9. The maximum absolute atomic E-state index is 11.9. The first kappa shape index (κ1) is 15.6. The van der Waals surface area contributed by atoms with Gasteiger partial charge in [-0.05, 0) is 19.1 Å². The maximum atomic E-state index is 11.9. The number of nitrogens with zero attached hydrogens (tertiary/aromatic N) is 1. The highest BCUT2D eigenvalue weighted by atomic mass is 32.2. The van der Waals surface area contributed by atoms with E-state index >= 15 is 0 Å². The van der Waals surface area contributed by atoms with Crippen LogP contribution in [0.15, 0.2) is 40.1 Å². The molecule has 1 aromatic heterocycles. The molecule has 8 heteroatoms. The Morgan fingerprint density at radius 1 is 1.38 bits per heavy atom. The van der Waals surface area contributed by atoms with E-state index < -0.39 is 22.1 Å². The van der Waals surface area contributed by atoms with Gasteiger partial charge in [-0.1, -0.05) is 17.7 Å². The van der Waals surface area contributed by atoms with Gasteiger partial charge in [-0.15, -0.1) is 11.3 Å². The Bertz CT molecular complexity index is 709. The fourth-order valence-corrected chi connectivity index (χ4v) is 3.05. The van der Waals surface area contributed by atoms with Crippen LogP contribution in [-0.4, -0.2) is 25.4 Å². The second kappa shape index (κ2) is 6.33. The smallest absolute Gasteiger partial charge is 0.341 e. The van der Waals surface area contributed by atoms with Gasteiger partial charge in [0.05, 0.1) is 11.2 Å². The minimum absolute atomic E-state index is 0.0812. The average molecular weight is 326 g/mol. The summed E-state index contributed by atoms with van der Waals surface area (Å²) in [5.74, 6) is -0.997. The number of carbonyl (C=O) groups is 1. The summed E-state index contributed by atoms with van der Waals surface area (Å²) in [5, 5.41) is 1.74. The highest BCUT2D eigenvalue weighted by molar-refractivity contribution is 7.87. The topological polar surface area (TPSA) is 99.4 Å². The Labute approximate surface area is 126 Å². The van der Waals surface area contributed by atoms with Gasteiger partial charge < -0.3 is 9.92 Å². The lowest BCUT2D eigenvalue weighted by Gasteiger charge is -2.10. The monoisotopic (exact) mass is 326 g/mol. The van der Waals surface area contributed by atoms with Crippen molar-refractivity contribution in [1.82, 2.24) is 4.98 Å². The molecular formula is C13H14N2O4S2. The lowest BCUT2D eigenvalue weighted by molar-refractivity contribution is -0.135. The van der Waals surface area contributed by atoms with Crippen molar-refractivity contribution in [1.29, 1.82) is 0 Å². The molecule has 0 amide bonds. The van der Waals surface area contributed by atoms with Gasteiger partial charge in [0, 0.05) is 11.8 Å². The maximum Gasteiger partial charge on any atom is 0.341 e. The van der Waals surface area contributed by atoms with Crippen molar-refractivity contribution < 1.29 is 17.4 Å². The highest BCUT2D eigenvalue weighted by Crippen LogP contribution is 2.14. The standard InChI is InChI=1S/C13H14N2O4S2/c1-9-2-4-11(5-3-9)21(17,18)19-13(16)12(14)6-10-7-20-8-15-10/h2-5,7-8,12H,6,14H2,1H3/t12-/m0/s1. The van der Waals surface area contributed by atoms with Crippen LogP contribution in [0.3, 0.4) is 0 Å². The van der Waals surface area contributed by atoms with Crippen molar-refractivity contribution in [2.24, 2.45) is 5.73 Å². The number of carbonyl (C=O) groups excluding carboxylic acids is 1. The zero-order valence-electron chi connectivity index (χ0n) is 11.2. The van der Waals surface area contributed by atoms with Gasteiger partial charge >= 0.3 is 16.1 Å². The largest absolute Gasteiger partial charge is 0.341 e. The molecule has 2 rings (SSSR count). The Hall–Kier alpha value is -1.77. The van der Waals surface area contributed by atoms with Gasteiger partial charge in [0.1, 0.15) is 10.9 Å².